The van der Waals surface area contributed by atoms with E-state index in [1.807, 2.05) is 60.4 Å². The SMILES string of the molecule is C[n+]1ccc(C2=Cc3ccccc3Oc3ccc(Cl)cc32)cc1. The molecule has 0 atom stereocenters. The minimum Gasteiger partial charge on any atom is -0.456 e. The van der Waals surface area contributed by atoms with Crippen molar-refractivity contribution in [2.45, 2.75) is 0 Å². The van der Waals surface area contributed by atoms with Crippen molar-refractivity contribution < 1.29 is 9.30 Å². The molecule has 0 bridgehead atoms. The molecule has 0 aliphatic carbocycles. The van der Waals surface area contributed by atoms with Gasteiger partial charge < -0.3 is 4.74 Å². The number of hydrogen-bond donors (Lipinski definition) is 0. The predicted molar refractivity (Wildman–Crippen MR) is 92.6 cm³/mol. The van der Waals surface area contributed by atoms with Gasteiger partial charge in [-0.2, -0.15) is 0 Å². The Labute approximate surface area is 140 Å². The van der Waals surface area contributed by atoms with Crippen LogP contribution in [-0.4, -0.2) is 0 Å². The molecule has 2 aromatic carbocycles. The number of nitrogens with zero attached hydrogens (tertiary/aromatic N) is 1. The maximum atomic E-state index is 6.23. The second kappa shape index (κ2) is 5.56. The van der Waals surface area contributed by atoms with Crippen molar-refractivity contribution in [1.29, 1.82) is 0 Å². The average molecular weight is 321 g/mol. The molecule has 0 spiro atoms. The van der Waals surface area contributed by atoms with Gasteiger partial charge in [0.1, 0.15) is 18.5 Å². The molecule has 0 fully saturated rings. The maximum absolute atomic E-state index is 6.23. The van der Waals surface area contributed by atoms with Gasteiger partial charge in [0.25, 0.3) is 0 Å². The fraction of sp³-hybridized carbons (Fsp3) is 0.0500. The van der Waals surface area contributed by atoms with E-state index in [2.05, 4.69) is 24.3 Å². The van der Waals surface area contributed by atoms with Crippen molar-refractivity contribution in [2.24, 2.45) is 7.05 Å². The van der Waals surface area contributed by atoms with E-state index < -0.39 is 0 Å². The van der Waals surface area contributed by atoms with Gasteiger partial charge in [0.15, 0.2) is 12.4 Å². The number of aromatic nitrogens is 1. The van der Waals surface area contributed by atoms with Crippen LogP contribution in [0.5, 0.6) is 11.5 Å². The van der Waals surface area contributed by atoms with Gasteiger partial charge >= 0.3 is 0 Å². The number of pyridine rings is 1. The van der Waals surface area contributed by atoms with E-state index in [0.29, 0.717) is 5.02 Å². The van der Waals surface area contributed by atoms with Gasteiger partial charge in [0, 0.05) is 28.3 Å². The van der Waals surface area contributed by atoms with Crippen LogP contribution in [0.2, 0.25) is 5.02 Å². The summed E-state index contributed by atoms with van der Waals surface area (Å²) in [5.41, 5.74) is 4.30. The van der Waals surface area contributed by atoms with Crippen LogP contribution >= 0.6 is 11.6 Å². The molecule has 0 amide bonds. The summed E-state index contributed by atoms with van der Waals surface area (Å²) in [6, 6.07) is 18.0. The standard InChI is InChI=1S/C20H15ClNO/c1-22-10-8-14(9-11-22)17-12-15-4-2-3-5-19(15)23-20-7-6-16(21)13-18(17)20/h2-13H,1H3/q+1. The van der Waals surface area contributed by atoms with E-state index in [9.17, 15) is 0 Å². The van der Waals surface area contributed by atoms with Crippen LogP contribution in [0.1, 0.15) is 16.7 Å². The topological polar surface area (TPSA) is 13.1 Å². The maximum Gasteiger partial charge on any atom is 0.169 e. The lowest BCUT2D eigenvalue weighted by Crippen LogP contribution is -2.25. The van der Waals surface area contributed by atoms with Crippen LogP contribution in [0, 0.1) is 0 Å². The van der Waals surface area contributed by atoms with E-state index >= 15 is 0 Å². The lowest BCUT2D eigenvalue weighted by atomic mass is 9.96. The third kappa shape index (κ3) is 2.62. The normalized spacial score (nSPS) is 12.5. The van der Waals surface area contributed by atoms with E-state index in [0.717, 1.165) is 33.8 Å². The predicted octanol–water partition coefficient (Wildman–Crippen LogP) is 4.86. The summed E-state index contributed by atoms with van der Waals surface area (Å²) in [7, 11) is 2.01. The first-order valence-electron chi connectivity index (χ1n) is 7.45. The Kier molecular flexibility index (Phi) is 3.40. The third-order valence-corrected chi connectivity index (χ3v) is 4.20. The fourth-order valence-electron chi connectivity index (χ4n) is 2.77. The molecule has 0 saturated carbocycles. The van der Waals surface area contributed by atoms with Gasteiger partial charge in [-0.15, -0.1) is 0 Å². The fourth-order valence-corrected chi connectivity index (χ4v) is 2.94. The van der Waals surface area contributed by atoms with Crippen LogP contribution in [0.3, 0.4) is 0 Å². The van der Waals surface area contributed by atoms with Crippen LogP contribution in [0.4, 0.5) is 0 Å². The Bertz CT molecular complexity index is 913. The quantitative estimate of drug-likeness (QED) is 0.456. The molecule has 1 aliphatic rings. The van der Waals surface area contributed by atoms with Crippen LogP contribution < -0.4 is 9.30 Å². The van der Waals surface area contributed by atoms with Crippen molar-refractivity contribution in [3.05, 3.63) is 88.7 Å². The molecule has 2 heterocycles. The molecule has 0 N–H and O–H groups in total. The highest BCUT2D eigenvalue weighted by atomic mass is 35.5. The Balaban J connectivity index is 1.99. The van der Waals surface area contributed by atoms with Crippen LogP contribution in [0.15, 0.2) is 67.0 Å². The number of halogens is 1. The zero-order valence-electron chi connectivity index (χ0n) is 12.7. The molecule has 4 rings (SSSR count). The van der Waals surface area contributed by atoms with E-state index in [1.165, 1.54) is 0 Å². The monoisotopic (exact) mass is 320 g/mol. The zero-order chi connectivity index (χ0) is 15.8. The second-order valence-corrected chi connectivity index (χ2v) is 6.03. The molecule has 23 heavy (non-hydrogen) atoms. The largest absolute Gasteiger partial charge is 0.456 e. The summed E-state index contributed by atoms with van der Waals surface area (Å²) in [5, 5.41) is 0.700. The van der Waals surface area contributed by atoms with E-state index in [4.69, 9.17) is 16.3 Å². The first-order chi connectivity index (χ1) is 11.2. The van der Waals surface area contributed by atoms with Crippen LogP contribution in [-0.2, 0) is 7.05 Å². The number of aryl methyl sites for hydroxylation is 1. The number of fused-ring (bicyclic) bond motifs is 2. The Hall–Kier alpha value is -2.58. The first kappa shape index (κ1) is 14.0. The highest BCUT2D eigenvalue weighted by Crippen LogP contribution is 2.41. The third-order valence-electron chi connectivity index (χ3n) is 3.96. The number of hydrogen-bond acceptors (Lipinski definition) is 1. The Morgan fingerprint density at radius 3 is 2.52 bits per heavy atom. The molecule has 0 radical (unpaired) electrons. The lowest BCUT2D eigenvalue weighted by Gasteiger charge is -2.11. The number of para-hydroxylation sites is 1. The van der Waals surface area contributed by atoms with Crippen molar-refractivity contribution in [1.82, 2.24) is 0 Å². The van der Waals surface area contributed by atoms with Gasteiger partial charge in [-0.1, -0.05) is 29.8 Å². The van der Waals surface area contributed by atoms with E-state index in [-0.39, 0.29) is 0 Å². The second-order valence-electron chi connectivity index (χ2n) is 5.59. The van der Waals surface area contributed by atoms with Gasteiger partial charge in [-0.3, -0.25) is 0 Å². The van der Waals surface area contributed by atoms with Crippen molar-refractivity contribution >= 4 is 23.3 Å². The summed E-state index contributed by atoms with van der Waals surface area (Å²) in [6.07, 6.45) is 6.24. The molecule has 112 valence electrons. The summed E-state index contributed by atoms with van der Waals surface area (Å²) < 4.78 is 8.13. The highest BCUT2D eigenvalue weighted by molar-refractivity contribution is 6.30. The summed E-state index contributed by atoms with van der Waals surface area (Å²) in [4.78, 5) is 0. The average Bonchev–Trinajstić information content (AvgIpc) is 2.72. The van der Waals surface area contributed by atoms with Crippen molar-refractivity contribution in [3.8, 4) is 11.5 Å². The minimum atomic E-state index is 0.700. The molecule has 0 saturated heterocycles. The van der Waals surface area contributed by atoms with Crippen molar-refractivity contribution in [2.75, 3.05) is 0 Å². The molecule has 1 aromatic heterocycles. The number of benzene rings is 2. The first-order valence-corrected chi connectivity index (χ1v) is 7.83. The Morgan fingerprint density at radius 2 is 1.70 bits per heavy atom. The molecule has 1 aliphatic heterocycles. The number of rotatable bonds is 1. The highest BCUT2D eigenvalue weighted by Gasteiger charge is 2.18. The van der Waals surface area contributed by atoms with Gasteiger partial charge in [0.2, 0.25) is 0 Å². The molecule has 2 nitrogen and oxygen atoms in total. The molecule has 3 aromatic rings. The van der Waals surface area contributed by atoms with Gasteiger partial charge in [-0.25, -0.2) is 4.57 Å². The minimum absolute atomic E-state index is 0.700. The van der Waals surface area contributed by atoms with Crippen LogP contribution in [0.25, 0.3) is 11.6 Å². The summed E-state index contributed by atoms with van der Waals surface area (Å²) >= 11 is 6.23. The molecule has 3 heteroatoms. The molecule has 0 unspecified atom stereocenters. The van der Waals surface area contributed by atoms with E-state index in [1.54, 1.807) is 0 Å². The zero-order valence-corrected chi connectivity index (χ0v) is 13.4. The van der Waals surface area contributed by atoms with Gasteiger partial charge in [0.05, 0.1) is 0 Å². The number of ether oxygens (including phenoxy) is 1. The summed E-state index contributed by atoms with van der Waals surface area (Å²) in [5.74, 6) is 1.67. The molecular formula is C20H15ClNO+. The summed E-state index contributed by atoms with van der Waals surface area (Å²) in [6.45, 7) is 0. The lowest BCUT2D eigenvalue weighted by molar-refractivity contribution is -0.671. The van der Waals surface area contributed by atoms with Gasteiger partial charge in [-0.05, 0) is 41.5 Å². The Morgan fingerprint density at radius 1 is 0.913 bits per heavy atom. The molecular weight excluding hydrogens is 306 g/mol. The smallest absolute Gasteiger partial charge is 0.169 e. The van der Waals surface area contributed by atoms with Crippen molar-refractivity contribution in [3.63, 3.8) is 0 Å².